The van der Waals surface area contributed by atoms with E-state index in [0.29, 0.717) is 43.1 Å². The van der Waals surface area contributed by atoms with Gasteiger partial charge in [-0.2, -0.15) is 5.10 Å². The third-order valence-corrected chi connectivity index (χ3v) is 5.09. The predicted octanol–water partition coefficient (Wildman–Crippen LogP) is 2.00. The van der Waals surface area contributed by atoms with Crippen molar-refractivity contribution in [2.45, 2.75) is 27.7 Å². The van der Waals surface area contributed by atoms with Crippen molar-refractivity contribution in [1.82, 2.24) is 19.6 Å². The molecule has 28 heavy (non-hydrogen) atoms. The first kappa shape index (κ1) is 19.8. The topological polar surface area (TPSA) is 75.5 Å². The first-order chi connectivity index (χ1) is 13.3. The van der Waals surface area contributed by atoms with Crippen LogP contribution in [0.3, 0.4) is 0 Å². The second-order valence-electron chi connectivity index (χ2n) is 7.39. The number of piperazine rings is 1. The molecule has 1 saturated heterocycles. The maximum absolute atomic E-state index is 12.9. The van der Waals surface area contributed by atoms with Crippen molar-refractivity contribution < 1.29 is 14.4 Å². The molecule has 148 valence electrons. The molecule has 1 aromatic carbocycles. The van der Waals surface area contributed by atoms with Crippen molar-refractivity contribution in [3.05, 3.63) is 47.3 Å². The summed E-state index contributed by atoms with van der Waals surface area (Å²) in [6.45, 7) is 8.91. The molecule has 7 heteroatoms. The number of rotatable bonds is 4. The maximum Gasteiger partial charge on any atom is 0.295 e. The van der Waals surface area contributed by atoms with E-state index in [-0.39, 0.29) is 11.8 Å². The number of carbonyl (C=O) groups excluding carboxylic acids is 3. The Hall–Kier alpha value is -2.96. The number of hydrogen-bond donors (Lipinski definition) is 0. The molecule has 0 N–H and O–H groups in total. The molecule has 7 nitrogen and oxygen atoms in total. The van der Waals surface area contributed by atoms with Crippen molar-refractivity contribution in [1.29, 1.82) is 0 Å². The Bertz CT molecular complexity index is 894. The Morgan fingerprint density at radius 2 is 1.50 bits per heavy atom. The van der Waals surface area contributed by atoms with E-state index < -0.39 is 11.7 Å². The SMILES string of the molecule is Cc1nn(-c2ccccc2)c(C)c1C(=O)C(=O)N1CCN(C(=O)C(C)C)CC1. The van der Waals surface area contributed by atoms with Crippen LogP contribution >= 0.6 is 0 Å². The highest BCUT2D eigenvalue weighted by atomic mass is 16.2. The minimum atomic E-state index is -0.541. The Morgan fingerprint density at radius 1 is 0.929 bits per heavy atom. The molecule has 1 aliphatic heterocycles. The zero-order valence-electron chi connectivity index (χ0n) is 16.8. The molecule has 1 aromatic heterocycles. The summed E-state index contributed by atoms with van der Waals surface area (Å²) < 4.78 is 1.69. The molecule has 0 saturated carbocycles. The number of Topliss-reactive ketones (excluding diaryl/α,β-unsaturated/α-hetero) is 1. The lowest BCUT2D eigenvalue weighted by atomic mass is 10.1. The highest BCUT2D eigenvalue weighted by Crippen LogP contribution is 2.19. The van der Waals surface area contributed by atoms with Crippen LogP contribution in [-0.2, 0) is 9.59 Å². The van der Waals surface area contributed by atoms with Crippen LogP contribution in [0.1, 0.15) is 35.6 Å². The first-order valence-electron chi connectivity index (χ1n) is 9.55. The largest absolute Gasteiger partial charge is 0.339 e. The van der Waals surface area contributed by atoms with Gasteiger partial charge in [0.1, 0.15) is 0 Å². The smallest absolute Gasteiger partial charge is 0.295 e. The first-order valence-corrected chi connectivity index (χ1v) is 9.55. The average Bonchev–Trinajstić information content (AvgIpc) is 3.01. The van der Waals surface area contributed by atoms with E-state index in [4.69, 9.17) is 0 Å². The van der Waals surface area contributed by atoms with Crippen LogP contribution in [0.5, 0.6) is 0 Å². The molecule has 2 heterocycles. The van der Waals surface area contributed by atoms with Crippen LogP contribution < -0.4 is 0 Å². The van der Waals surface area contributed by atoms with Gasteiger partial charge in [-0.3, -0.25) is 14.4 Å². The van der Waals surface area contributed by atoms with Gasteiger partial charge in [0.05, 0.1) is 22.6 Å². The molecule has 2 amide bonds. The van der Waals surface area contributed by atoms with E-state index in [1.165, 1.54) is 4.90 Å². The Balaban J connectivity index is 1.75. The van der Waals surface area contributed by atoms with Gasteiger partial charge in [0.15, 0.2) is 0 Å². The van der Waals surface area contributed by atoms with Gasteiger partial charge in [-0.05, 0) is 26.0 Å². The number of hydrogen-bond acceptors (Lipinski definition) is 4. The van der Waals surface area contributed by atoms with E-state index in [2.05, 4.69) is 5.10 Å². The van der Waals surface area contributed by atoms with Crippen LogP contribution in [0.4, 0.5) is 0 Å². The normalized spacial score (nSPS) is 14.5. The van der Waals surface area contributed by atoms with Crippen molar-refractivity contribution in [2.75, 3.05) is 26.2 Å². The minimum Gasteiger partial charge on any atom is -0.339 e. The predicted molar refractivity (Wildman–Crippen MR) is 105 cm³/mol. The van der Waals surface area contributed by atoms with Crippen molar-refractivity contribution in [3.63, 3.8) is 0 Å². The monoisotopic (exact) mass is 382 g/mol. The average molecular weight is 382 g/mol. The molecule has 0 radical (unpaired) electrons. The van der Waals surface area contributed by atoms with Crippen LogP contribution in [0.25, 0.3) is 5.69 Å². The van der Waals surface area contributed by atoms with Crippen molar-refractivity contribution in [2.24, 2.45) is 5.92 Å². The summed E-state index contributed by atoms with van der Waals surface area (Å²) in [5.74, 6) is -1.07. The minimum absolute atomic E-state index is 0.0713. The highest BCUT2D eigenvalue weighted by Gasteiger charge is 2.32. The van der Waals surface area contributed by atoms with E-state index in [0.717, 1.165) is 5.69 Å². The van der Waals surface area contributed by atoms with Gasteiger partial charge < -0.3 is 9.80 Å². The number of aryl methyl sites for hydroxylation is 1. The van der Waals surface area contributed by atoms with E-state index in [9.17, 15) is 14.4 Å². The fourth-order valence-electron chi connectivity index (χ4n) is 3.54. The van der Waals surface area contributed by atoms with Gasteiger partial charge in [-0.1, -0.05) is 32.0 Å². The quantitative estimate of drug-likeness (QED) is 0.599. The summed E-state index contributed by atoms with van der Waals surface area (Å²) in [6.07, 6.45) is 0. The van der Waals surface area contributed by atoms with Gasteiger partial charge in [0.2, 0.25) is 5.91 Å². The molecule has 2 aromatic rings. The Kier molecular flexibility index (Phi) is 5.63. The Labute approximate surface area is 164 Å². The summed E-state index contributed by atoms with van der Waals surface area (Å²) in [4.78, 5) is 41.1. The molecule has 0 unspecified atom stereocenters. The summed E-state index contributed by atoms with van der Waals surface area (Å²) in [6, 6.07) is 9.52. The maximum atomic E-state index is 12.9. The third-order valence-electron chi connectivity index (χ3n) is 5.09. The summed E-state index contributed by atoms with van der Waals surface area (Å²) in [5, 5.41) is 4.46. The number of para-hydroxylation sites is 1. The van der Waals surface area contributed by atoms with Gasteiger partial charge in [0.25, 0.3) is 11.7 Å². The number of carbonyl (C=O) groups is 3. The molecule has 0 spiro atoms. The lowest BCUT2D eigenvalue weighted by Gasteiger charge is -2.35. The van der Waals surface area contributed by atoms with Crippen LogP contribution in [0, 0.1) is 19.8 Å². The zero-order chi connectivity index (χ0) is 20.4. The number of nitrogens with zero attached hydrogens (tertiary/aromatic N) is 4. The molecule has 3 rings (SSSR count). The van der Waals surface area contributed by atoms with Gasteiger partial charge in [0, 0.05) is 32.1 Å². The van der Waals surface area contributed by atoms with Gasteiger partial charge >= 0.3 is 0 Å². The summed E-state index contributed by atoms with van der Waals surface area (Å²) in [7, 11) is 0. The van der Waals surface area contributed by atoms with Gasteiger partial charge in [-0.15, -0.1) is 0 Å². The molecular formula is C21H26N4O3. The van der Waals surface area contributed by atoms with E-state index in [1.807, 2.05) is 44.2 Å². The lowest BCUT2D eigenvalue weighted by Crippen LogP contribution is -2.53. The summed E-state index contributed by atoms with van der Waals surface area (Å²) in [5.41, 5.74) is 2.38. The zero-order valence-corrected chi connectivity index (χ0v) is 16.8. The van der Waals surface area contributed by atoms with Crippen LogP contribution in [0.2, 0.25) is 0 Å². The second-order valence-corrected chi connectivity index (χ2v) is 7.39. The number of aromatic nitrogens is 2. The second kappa shape index (κ2) is 7.96. The third kappa shape index (κ3) is 3.69. The van der Waals surface area contributed by atoms with Gasteiger partial charge in [-0.25, -0.2) is 4.68 Å². The van der Waals surface area contributed by atoms with E-state index in [1.54, 1.807) is 23.4 Å². The summed E-state index contributed by atoms with van der Waals surface area (Å²) >= 11 is 0. The van der Waals surface area contributed by atoms with Crippen LogP contribution in [-0.4, -0.2) is 63.4 Å². The van der Waals surface area contributed by atoms with E-state index >= 15 is 0 Å². The molecule has 1 aliphatic rings. The number of benzene rings is 1. The highest BCUT2D eigenvalue weighted by molar-refractivity contribution is 6.43. The fourth-order valence-corrected chi connectivity index (χ4v) is 3.54. The Morgan fingerprint density at radius 3 is 2.07 bits per heavy atom. The van der Waals surface area contributed by atoms with Crippen molar-refractivity contribution in [3.8, 4) is 5.69 Å². The van der Waals surface area contributed by atoms with Crippen molar-refractivity contribution >= 4 is 17.6 Å². The fraction of sp³-hybridized carbons (Fsp3) is 0.429. The molecule has 0 atom stereocenters. The standard InChI is InChI=1S/C21H26N4O3/c1-14(2)20(27)23-10-12-24(13-11-23)21(28)19(26)18-15(3)22-25(16(18)4)17-8-6-5-7-9-17/h5-9,14H,10-13H2,1-4H3. The molecule has 0 aliphatic carbocycles. The molecule has 1 fully saturated rings. The number of amides is 2. The molecular weight excluding hydrogens is 356 g/mol. The van der Waals surface area contributed by atoms with Crippen LogP contribution in [0.15, 0.2) is 30.3 Å². The molecule has 0 bridgehead atoms. The lowest BCUT2D eigenvalue weighted by molar-refractivity contribution is -0.139. The number of ketones is 1.